The van der Waals surface area contributed by atoms with E-state index in [-0.39, 0.29) is 11.6 Å². The van der Waals surface area contributed by atoms with Crippen molar-refractivity contribution in [1.29, 1.82) is 0 Å². The predicted octanol–water partition coefficient (Wildman–Crippen LogP) is 2.62. The van der Waals surface area contributed by atoms with Gasteiger partial charge in [0.25, 0.3) is 0 Å². The molecule has 0 radical (unpaired) electrons. The molecule has 3 heterocycles. The van der Waals surface area contributed by atoms with Crippen LogP contribution in [-0.2, 0) is 19.1 Å². The van der Waals surface area contributed by atoms with Gasteiger partial charge in [0, 0.05) is 11.3 Å². The smallest absolute Gasteiger partial charge is 0.346 e. The van der Waals surface area contributed by atoms with Gasteiger partial charge in [0.2, 0.25) is 4.87 Å². The highest BCUT2D eigenvalue weighted by molar-refractivity contribution is 8.01. The lowest BCUT2D eigenvalue weighted by molar-refractivity contribution is -0.176. The number of fused-ring (bicyclic) bond motifs is 2. The molecule has 0 aliphatic carbocycles. The Hall–Kier alpha value is -1.53. The minimum Gasteiger partial charge on any atom is -0.469 e. The largest absolute Gasteiger partial charge is 0.469 e. The number of carbonyl (C=O) groups is 2. The Kier molecular flexibility index (Phi) is 3.69. The molecule has 116 valence electrons. The summed E-state index contributed by atoms with van der Waals surface area (Å²) in [6.07, 6.45) is 0.258. The molecule has 7 heteroatoms. The maximum atomic E-state index is 12.5. The highest BCUT2D eigenvalue weighted by atomic mass is 35.5. The number of thioether (sulfide) groups is 1. The Morgan fingerprint density at radius 3 is 2.77 bits per heavy atom. The van der Waals surface area contributed by atoms with Gasteiger partial charge in [-0.15, -0.1) is 0 Å². The van der Waals surface area contributed by atoms with E-state index in [9.17, 15) is 9.59 Å². The van der Waals surface area contributed by atoms with E-state index in [1.54, 1.807) is 6.92 Å². The number of aliphatic imine (C=N–C) groups is 1. The highest BCUT2D eigenvalue weighted by Gasteiger charge is 2.65. The Balaban J connectivity index is 2.09. The number of rotatable bonds is 3. The fourth-order valence-electron chi connectivity index (χ4n) is 2.69. The van der Waals surface area contributed by atoms with Crippen molar-refractivity contribution >= 4 is 40.5 Å². The molecule has 22 heavy (non-hydrogen) atoms. The van der Waals surface area contributed by atoms with Gasteiger partial charge in [-0.25, -0.2) is 9.79 Å². The van der Waals surface area contributed by atoms with Crippen molar-refractivity contribution in [2.24, 2.45) is 10.9 Å². The van der Waals surface area contributed by atoms with Gasteiger partial charge in [0.15, 0.2) is 5.60 Å². The lowest BCUT2D eigenvalue weighted by Crippen LogP contribution is -2.63. The minimum atomic E-state index is -1.43. The monoisotopic (exact) mass is 339 g/mol. The second kappa shape index (κ2) is 5.28. The topological polar surface area (TPSA) is 65.0 Å². The number of carbonyl (C=O) groups excluding carboxylic acids is 2. The molecule has 0 aromatic heterocycles. The summed E-state index contributed by atoms with van der Waals surface area (Å²) in [5.74, 6) is -1.79. The van der Waals surface area contributed by atoms with E-state index in [1.807, 2.05) is 30.3 Å². The highest BCUT2D eigenvalue weighted by Crippen LogP contribution is 2.53. The number of ether oxygens (including phenoxy) is 2. The van der Waals surface area contributed by atoms with Crippen molar-refractivity contribution in [1.82, 2.24) is 0 Å². The lowest BCUT2D eigenvalue weighted by Gasteiger charge is -2.49. The first-order chi connectivity index (χ1) is 10.4. The molecular formula is C15H14ClNO4S. The van der Waals surface area contributed by atoms with Gasteiger partial charge in [-0.2, -0.15) is 0 Å². The summed E-state index contributed by atoms with van der Waals surface area (Å²) in [4.78, 5) is 28.5. The molecular weight excluding hydrogens is 326 g/mol. The number of esters is 2. The maximum Gasteiger partial charge on any atom is 0.346 e. The van der Waals surface area contributed by atoms with Crippen LogP contribution in [0.2, 0.25) is 0 Å². The fraction of sp³-hybridized carbons (Fsp3) is 0.400. The fourth-order valence-corrected chi connectivity index (χ4v) is 4.23. The van der Waals surface area contributed by atoms with Gasteiger partial charge in [-0.05, 0) is 19.1 Å². The normalized spacial score (nSPS) is 33.1. The molecule has 4 rings (SSSR count). The van der Waals surface area contributed by atoms with Crippen LogP contribution >= 0.6 is 23.4 Å². The summed E-state index contributed by atoms with van der Waals surface area (Å²) < 4.78 is 10.3. The number of halogens is 1. The molecule has 5 nitrogen and oxygen atoms in total. The summed E-state index contributed by atoms with van der Waals surface area (Å²) in [7, 11) is 1.30. The van der Waals surface area contributed by atoms with Crippen molar-refractivity contribution in [3.63, 3.8) is 0 Å². The Labute approximate surface area is 137 Å². The van der Waals surface area contributed by atoms with E-state index in [4.69, 9.17) is 21.1 Å². The molecule has 0 amide bonds. The van der Waals surface area contributed by atoms with Crippen molar-refractivity contribution in [2.75, 3.05) is 7.11 Å². The van der Waals surface area contributed by atoms with Crippen LogP contribution < -0.4 is 0 Å². The zero-order valence-electron chi connectivity index (χ0n) is 12.0. The van der Waals surface area contributed by atoms with Crippen LogP contribution in [-0.4, -0.2) is 34.7 Å². The van der Waals surface area contributed by atoms with Gasteiger partial charge in [-0.3, -0.25) is 4.79 Å². The Morgan fingerprint density at radius 1 is 1.45 bits per heavy atom. The third-order valence-corrected chi connectivity index (χ3v) is 5.73. The summed E-state index contributed by atoms with van der Waals surface area (Å²) in [6, 6.07) is 9.24. The first-order valence-corrected chi connectivity index (χ1v) is 7.92. The van der Waals surface area contributed by atoms with Crippen LogP contribution in [0.4, 0.5) is 0 Å². The Morgan fingerprint density at radius 2 is 2.14 bits per heavy atom. The summed E-state index contributed by atoms with van der Waals surface area (Å²) >= 11 is 7.36. The number of benzene rings is 1. The molecule has 0 N–H and O–H groups in total. The third-order valence-electron chi connectivity index (χ3n) is 3.88. The summed E-state index contributed by atoms with van der Waals surface area (Å²) in [6.45, 7) is 1.66. The summed E-state index contributed by atoms with van der Waals surface area (Å²) in [5, 5.41) is 0.204. The van der Waals surface area contributed by atoms with E-state index in [2.05, 4.69) is 4.99 Å². The van der Waals surface area contributed by atoms with Crippen LogP contribution in [0.5, 0.6) is 0 Å². The molecule has 3 aliphatic heterocycles. The van der Waals surface area contributed by atoms with E-state index < -0.39 is 28.3 Å². The lowest BCUT2D eigenvalue weighted by atomic mass is 9.81. The van der Waals surface area contributed by atoms with Crippen LogP contribution in [0.15, 0.2) is 40.2 Å². The second-order valence-corrected chi connectivity index (χ2v) is 7.07. The number of hydrogen-bond acceptors (Lipinski definition) is 6. The Bertz CT molecular complexity index is 665. The molecule has 1 saturated heterocycles. The molecule has 0 unspecified atom stereocenters. The van der Waals surface area contributed by atoms with Gasteiger partial charge >= 0.3 is 11.9 Å². The van der Waals surface area contributed by atoms with Gasteiger partial charge in [0.05, 0.1) is 7.11 Å². The molecule has 2 bridgehead atoms. The number of methoxy groups -OCH3 is 1. The second-order valence-electron chi connectivity index (χ2n) is 5.41. The minimum absolute atomic E-state index is 0.204. The quantitative estimate of drug-likeness (QED) is 0.792. The molecule has 0 spiro atoms. The van der Waals surface area contributed by atoms with Crippen LogP contribution in [0.3, 0.4) is 0 Å². The van der Waals surface area contributed by atoms with Gasteiger partial charge in [-0.1, -0.05) is 41.6 Å². The average molecular weight is 340 g/mol. The van der Waals surface area contributed by atoms with Crippen LogP contribution in [0.1, 0.15) is 13.3 Å². The third kappa shape index (κ3) is 2.21. The molecule has 1 aromatic carbocycles. The zero-order chi connectivity index (χ0) is 16.0. The standard InChI is InChI=1S/C15H14ClNO4S/c1-14-8-10(11(18)20-2)15(13(19)21-14,17-12(14)16)22-9-6-4-3-5-7-9/h3-7,10H,8H2,1-2H3/t10-,14+,15-/m1/s1. The summed E-state index contributed by atoms with van der Waals surface area (Å²) in [5.41, 5.74) is -1.06. The number of hydrogen-bond donors (Lipinski definition) is 0. The van der Waals surface area contributed by atoms with Crippen molar-refractivity contribution < 1.29 is 19.1 Å². The van der Waals surface area contributed by atoms with E-state index in [0.717, 1.165) is 16.7 Å². The van der Waals surface area contributed by atoms with E-state index in [1.165, 1.54) is 7.11 Å². The predicted molar refractivity (Wildman–Crippen MR) is 82.9 cm³/mol. The zero-order valence-corrected chi connectivity index (χ0v) is 13.6. The van der Waals surface area contributed by atoms with Gasteiger partial charge < -0.3 is 9.47 Å². The first-order valence-electron chi connectivity index (χ1n) is 6.72. The average Bonchev–Trinajstić information content (AvgIpc) is 2.50. The number of nitrogens with zero attached hydrogens (tertiary/aromatic N) is 1. The molecule has 1 fully saturated rings. The molecule has 0 saturated carbocycles. The molecule has 3 atom stereocenters. The van der Waals surface area contributed by atoms with Gasteiger partial charge in [0.1, 0.15) is 11.1 Å². The van der Waals surface area contributed by atoms with Crippen molar-refractivity contribution in [2.45, 2.75) is 28.7 Å². The van der Waals surface area contributed by atoms with Crippen molar-refractivity contribution in [3.05, 3.63) is 30.3 Å². The van der Waals surface area contributed by atoms with E-state index >= 15 is 0 Å². The van der Waals surface area contributed by atoms with Crippen LogP contribution in [0.25, 0.3) is 0 Å². The van der Waals surface area contributed by atoms with Crippen molar-refractivity contribution in [3.8, 4) is 0 Å². The van der Waals surface area contributed by atoms with E-state index in [0.29, 0.717) is 0 Å². The maximum absolute atomic E-state index is 12.5. The molecule has 3 aliphatic rings. The SMILES string of the molecule is COC(=O)[C@H]1C[C@]2(C)OC(=O)[C@@]1(Sc1ccccc1)N=C2Cl. The van der Waals surface area contributed by atoms with Crippen LogP contribution in [0, 0.1) is 5.92 Å². The first kappa shape index (κ1) is 15.4. The molecule has 1 aromatic rings.